The predicted octanol–water partition coefficient (Wildman–Crippen LogP) is 2.36. The second-order valence-corrected chi connectivity index (χ2v) is 4.31. The summed E-state index contributed by atoms with van der Waals surface area (Å²) in [6, 6.07) is 6.91. The van der Waals surface area contributed by atoms with Crippen LogP contribution in [0.15, 0.2) is 30.5 Å². The summed E-state index contributed by atoms with van der Waals surface area (Å²) < 4.78 is 4.67. The molecule has 3 N–H and O–H groups in total. The van der Waals surface area contributed by atoms with Crippen LogP contribution < -0.4 is 16.0 Å². The van der Waals surface area contributed by atoms with Gasteiger partial charge in [0.2, 0.25) is 0 Å². The normalized spacial score (nSPS) is 10.2. The third kappa shape index (κ3) is 7.22. The molecule has 114 valence electrons. The molecule has 0 aliphatic carbocycles. The maximum atomic E-state index is 11.4. The second kappa shape index (κ2) is 9.66. The smallest absolute Gasteiger partial charge is 0.407 e. The highest BCUT2D eigenvalue weighted by Gasteiger charge is 2.00. The number of carbonyl (C=O) groups is 2. The van der Waals surface area contributed by atoms with E-state index in [1.54, 1.807) is 19.1 Å². The summed E-state index contributed by atoms with van der Waals surface area (Å²) in [5.41, 5.74) is 0.809. The SMILES string of the molecule is CCOC(=O)NCCNC(=O)N/C=C/c1ccccc1Cl. The van der Waals surface area contributed by atoms with Crippen molar-refractivity contribution in [2.45, 2.75) is 6.92 Å². The molecule has 0 spiro atoms. The highest BCUT2D eigenvalue weighted by Crippen LogP contribution is 2.15. The number of carbonyl (C=O) groups excluding carboxylic acids is 2. The second-order valence-electron chi connectivity index (χ2n) is 3.90. The molecule has 3 amide bonds. The fourth-order valence-corrected chi connectivity index (χ4v) is 1.59. The molecular weight excluding hydrogens is 294 g/mol. The lowest BCUT2D eigenvalue weighted by molar-refractivity contribution is 0.152. The third-order valence-electron chi connectivity index (χ3n) is 2.34. The van der Waals surface area contributed by atoms with Gasteiger partial charge in [0.15, 0.2) is 0 Å². The molecule has 6 nitrogen and oxygen atoms in total. The average molecular weight is 312 g/mol. The first kappa shape index (κ1) is 16.8. The summed E-state index contributed by atoms with van der Waals surface area (Å²) >= 11 is 5.97. The number of hydrogen-bond donors (Lipinski definition) is 3. The first-order valence-corrected chi connectivity index (χ1v) is 6.87. The summed E-state index contributed by atoms with van der Waals surface area (Å²) in [4.78, 5) is 22.4. The molecule has 0 fully saturated rings. The van der Waals surface area contributed by atoms with E-state index in [1.165, 1.54) is 6.20 Å². The maximum absolute atomic E-state index is 11.4. The van der Waals surface area contributed by atoms with Gasteiger partial charge in [-0.2, -0.15) is 0 Å². The van der Waals surface area contributed by atoms with E-state index in [9.17, 15) is 9.59 Å². The van der Waals surface area contributed by atoms with E-state index in [1.807, 2.05) is 18.2 Å². The fraction of sp³-hybridized carbons (Fsp3) is 0.286. The van der Waals surface area contributed by atoms with Crippen molar-refractivity contribution in [3.8, 4) is 0 Å². The Morgan fingerprint density at radius 1 is 1.24 bits per heavy atom. The number of halogens is 1. The summed E-state index contributed by atoms with van der Waals surface area (Å²) in [6.07, 6.45) is 2.69. The molecule has 0 saturated heterocycles. The van der Waals surface area contributed by atoms with E-state index in [0.717, 1.165) is 5.56 Å². The third-order valence-corrected chi connectivity index (χ3v) is 2.68. The lowest BCUT2D eigenvalue weighted by Gasteiger charge is -2.06. The quantitative estimate of drug-likeness (QED) is 0.706. The van der Waals surface area contributed by atoms with Gasteiger partial charge in [0.25, 0.3) is 0 Å². The molecule has 1 aromatic rings. The van der Waals surface area contributed by atoms with E-state index < -0.39 is 6.09 Å². The average Bonchev–Trinajstić information content (AvgIpc) is 2.46. The van der Waals surface area contributed by atoms with Gasteiger partial charge in [0.05, 0.1) is 6.61 Å². The number of urea groups is 1. The van der Waals surface area contributed by atoms with Crippen molar-refractivity contribution in [1.29, 1.82) is 0 Å². The van der Waals surface area contributed by atoms with E-state index in [0.29, 0.717) is 24.7 Å². The van der Waals surface area contributed by atoms with Crippen LogP contribution in [-0.2, 0) is 4.74 Å². The van der Waals surface area contributed by atoms with Crippen LogP contribution in [0.4, 0.5) is 9.59 Å². The van der Waals surface area contributed by atoms with Gasteiger partial charge in [-0.3, -0.25) is 0 Å². The monoisotopic (exact) mass is 311 g/mol. The van der Waals surface area contributed by atoms with Gasteiger partial charge in [-0.25, -0.2) is 9.59 Å². The van der Waals surface area contributed by atoms with Crippen LogP contribution in [0.25, 0.3) is 6.08 Å². The standard InChI is InChI=1S/C14H18ClN3O3/c1-2-21-14(20)18-10-9-17-13(19)16-8-7-11-5-3-4-6-12(11)15/h3-8H,2,9-10H2,1H3,(H,18,20)(H2,16,17,19)/b8-7+. The van der Waals surface area contributed by atoms with Crippen molar-refractivity contribution in [3.05, 3.63) is 41.1 Å². The van der Waals surface area contributed by atoms with Gasteiger partial charge >= 0.3 is 12.1 Å². The van der Waals surface area contributed by atoms with Crippen LogP contribution in [0, 0.1) is 0 Å². The van der Waals surface area contributed by atoms with E-state index in [-0.39, 0.29) is 6.03 Å². The molecule has 0 aliphatic rings. The Labute approximate surface area is 128 Å². The zero-order valence-corrected chi connectivity index (χ0v) is 12.4. The molecular formula is C14H18ClN3O3. The summed E-state index contributed by atoms with van der Waals surface area (Å²) in [7, 11) is 0. The van der Waals surface area contributed by atoms with Gasteiger partial charge in [0, 0.05) is 24.3 Å². The summed E-state index contributed by atoms with van der Waals surface area (Å²) in [6.45, 7) is 2.62. The molecule has 21 heavy (non-hydrogen) atoms. The number of hydrogen-bond acceptors (Lipinski definition) is 3. The van der Waals surface area contributed by atoms with E-state index in [4.69, 9.17) is 11.6 Å². The van der Waals surface area contributed by atoms with Gasteiger partial charge in [-0.05, 0) is 24.6 Å². The van der Waals surface area contributed by atoms with Gasteiger partial charge in [0.1, 0.15) is 0 Å². The Morgan fingerprint density at radius 2 is 1.95 bits per heavy atom. The molecule has 0 atom stereocenters. The minimum atomic E-state index is -0.502. The van der Waals surface area contributed by atoms with Crippen molar-refractivity contribution in [3.63, 3.8) is 0 Å². The molecule has 0 unspecified atom stereocenters. The number of alkyl carbamates (subject to hydrolysis) is 1. The Bertz CT molecular complexity index is 506. The first-order valence-electron chi connectivity index (χ1n) is 6.49. The Balaban J connectivity index is 2.20. The maximum Gasteiger partial charge on any atom is 0.407 e. The highest BCUT2D eigenvalue weighted by atomic mass is 35.5. The Hall–Kier alpha value is -2.21. The van der Waals surface area contributed by atoms with Crippen molar-refractivity contribution in [1.82, 2.24) is 16.0 Å². The van der Waals surface area contributed by atoms with Crippen LogP contribution in [0.5, 0.6) is 0 Å². The van der Waals surface area contributed by atoms with Crippen LogP contribution in [0.1, 0.15) is 12.5 Å². The number of amides is 3. The zero-order chi connectivity index (χ0) is 15.5. The Kier molecular flexibility index (Phi) is 7.74. The highest BCUT2D eigenvalue weighted by molar-refractivity contribution is 6.32. The molecule has 7 heteroatoms. The minimum absolute atomic E-state index is 0.292. The summed E-state index contributed by atoms with van der Waals surface area (Å²) in [5.74, 6) is 0. The van der Waals surface area contributed by atoms with Crippen molar-refractivity contribution >= 4 is 29.8 Å². The van der Waals surface area contributed by atoms with E-state index >= 15 is 0 Å². The van der Waals surface area contributed by atoms with Gasteiger partial charge in [-0.15, -0.1) is 0 Å². The molecule has 0 aliphatic heterocycles. The molecule has 0 radical (unpaired) electrons. The van der Waals surface area contributed by atoms with Crippen LogP contribution in [-0.4, -0.2) is 31.8 Å². The molecule has 0 heterocycles. The van der Waals surface area contributed by atoms with Crippen molar-refractivity contribution in [2.75, 3.05) is 19.7 Å². The lowest BCUT2D eigenvalue weighted by Crippen LogP contribution is -2.38. The largest absolute Gasteiger partial charge is 0.450 e. The molecule has 0 saturated carbocycles. The van der Waals surface area contributed by atoms with Crippen LogP contribution >= 0.6 is 11.6 Å². The number of rotatable bonds is 6. The Morgan fingerprint density at radius 3 is 2.67 bits per heavy atom. The van der Waals surface area contributed by atoms with E-state index in [2.05, 4.69) is 20.7 Å². The van der Waals surface area contributed by atoms with Crippen molar-refractivity contribution < 1.29 is 14.3 Å². The number of nitrogens with one attached hydrogen (secondary N) is 3. The number of ether oxygens (including phenoxy) is 1. The molecule has 0 aromatic heterocycles. The number of benzene rings is 1. The van der Waals surface area contributed by atoms with Gasteiger partial charge < -0.3 is 20.7 Å². The molecule has 0 bridgehead atoms. The van der Waals surface area contributed by atoms with Crippen LogP contribution in [0.2, 0.25) is 5.02 Å². The minimum Gasteiger partial charge on any atom is -0.450 e. The molecule has 1 rings (SSSR count). The van der Waals surface area contributed by atoms with Crippen LogP contribution in [0.3, 0.4) is 0 Å². The fourth-order valence-electron chi connectivity index (χ4n) is 1.39. The first-order chi connectivity index (χ1) is 10.1. The molecule has 1 aromatic carbocycles. The topological polar surface area (TPSA) is 79.5 Å². The zero-order valence-electron chi connectivity index (χ0n) is 11.7. The summed E-state index contributed by atoms with van der Waals surface area (Å²) in [5, 5.41) is 8.21. The lowest BCUT2D eigenvalue weighted by atomic mass is 10.2. The van der Waals surface area contributed by atoms with Gasteiger partial charge in [-0.1, -0.05) is 29.8 Å². The van der Waals surface area contributed by atoms with Crippen molar-refractivity contribution in [2.24, 2.45) is 0 Å². The predicted molar refractivity (Wildman–Crippen MR) is 82.0 cm³/mol.